The third-order valence-electron chi connectivity index (χ3n) is 8.90. The Balaban J connectivity index is 1.30. The van der Waals surface area contributed by atoms with E-state index in [0.29, 0.717) is 37.2 Å². The van der Waals surface area contributed by atoms with Crippen LogP contribution in [0.4, 0.5) is 10.1 Å². The van der Waals surface area contributed by atoms with Gasteiger partial charge in [0.15, 0.2) is 6.29 Å². The molecule has 258 valence electrons. The quantitative estimate of drug-likeness (QED) is 0.133. The molecule has 1 amide bonds. The zero-order valence-corrected chi connectivity index (χ0v) is 28.7. The number of hydrogen-bond donors (Lipinski definition) is 1. The molecule has 3 atom stereocenters. The number of halogens is 1. The lowest BCUT2D eigenvalue weighted by atomic mass is 10.0. The molecule has 0 spiro atoms. The van der Waals surface area contributed by atoms with Crippen LogP contribution in [0.5, 0.6) is 0 Å². The summed E-state index contributed by atoms with van der Waals surface area (Å²) in [6.45, 7) is 6.75. The number of carbonyl (C=O) groups excluding carboxylic acids is 2. The van der Waals surface area contributed by atoms with E-state index in [0.717, 1.165) is 33.6 Å². The van der Waals surface area contributed by atoms with Crippen LogP contribution >= 0.6 is 0 Å². The monoisotopic (exact) mass is 674 g/mol. The van der Waals surface area contributed by atoms with E-state index in [1.807, 2.05) is 91.0 Å². The number of nitrogens with one attached hydrogen (secondary N) is 1. The van der Waals surface area contributed by atoms with Crippen molar-refractivity contribution >= 4 is 17.6 Å². The molecular weight excluding hydrogens is 631 g/mol. The summed E-state index contributed by atoms with van der Waals surface area (Å²) < 4.78 is 34.2. The maximum absolute atomic E-state index is 14.1. The summed E-state index contributed by atoms with van der Waals surface area (Å²) in [5.74, 6) is -0.866. The second kappa shape index (κ2) is 16.1. The molecule has 2 heterocycles. The fourth-order valence-electron chi connectivity index (χ4n) is 6.62. The van der Waals surface area contributed by atoms with Crippen molar-refractivity contribution in [3.8, 4) is 22.4 Å². The number of hydrogen-bond acceptors (Lipinski definition) is 5. The summed E-state index contributed by atoms with van der Waals surface area (Å²) >= 11 is 0. The van der Waals surface area contributed by atoms with Crippen LogP contribution in [0.3, 0.4) is 0 Å². The molecule has 4 aromatic carbocycles. The van der Waals surface area contributed by atoms with Gasteiger partial charge in [-0.2, -0.15) is 0 Å². The Morgan fingerprint density at radius 3 is 2.22 bits per heavy atom. The maximum atomic E-state index is 14.1. The third kappa shape index (κ3) is 8.38. The highest BCUT2D eigenvalue weighted by Crippen LogP contribution is 2.36. The zero-order valence-electron chi connectivity index (χ0n) is 28.7. The van der Waals surface area contributed by atoms with E-state index in [1.54, 1.807) is 19.1 Å². The highest BCUT2D eigenvalue weighted by atomic mass is 19.1. The number of amides is 1. The van der Waals surface area contributed by atoms with Gasteiger partial charge < -0.3 is 24.1 Å². The molecule has 1 aromatic heterocycles. The van der Waals surface area contributed by atoms with E-state index in [4.69, 9.17) is 14.2 Å². The van der Waals surface area contributed by atoms with Crippen LogP contribution in [0.1, 0.15) is 73.9 Å². The number of carbonyl (C=O) groups is 2. The van der Waals surface area contributed by atoms with Gasteiger partial charge in [0.05, 0.1) is 30.8 Å². The molecule has 0 saturated carbocycles. The minimum atomic E-state index is -0.631. The lowest BCUT2D eigenvalue weighted by molar-refractivity contribution is -0.250. The van der Waals surface area contributed by atoms with Crippen LogP contribution in [0.2, 0.25) is 0 Å². The van der Waals surface area contributed by atoms with Crippen LogP contribution < -0.4 is 5.32 Å². The molecule has 6 rings (SSSR count). The van der Waals surface area contributed by atoms with Crippen molar-refractivity contribution in [1.82, 2.24) is 4.57 Å². The Labute approximate surface area is 293 Å². The molecule has 1 fully saturated rings. The highest BCUT2D eigenvalue weighted by Gasteiger charge is 2.33. The predicted octanol–water partition coefficient (Wildman–Crippen LogP) is 9.55. The number of benzene rings is 4. The van der Waals surface area contributed by atoms with Gasteiger partial charge in [0, 0.05) is 35.6 Å². The van der Waals surface area contributed by atoms with Gasteiger partial charge in [-0.15, -0.1) is 0 Å². The average molecular weight is 675 g/mol. The lowest BCUT2D eigenvalue weighted by Gasteiger charge is -2.36. The largest absolute Gasteiger partial charge is 0.466 e. The number of nitrogens with zero attached hydrogens (tertiary/aromatic N) is 1. The second-order valence-corrected chi connectivity index (χ2v) is 12.8. The fraction of sp³-hybridized carbons (Fsp3) is 0.286. The van der Waals surface area contributed by atoms with Crippen LogP contribution in [0, 0.1) is 5.82 Å². The summed E-state index contributed by atoms with van der Waals surface area (Å²) in [5.41, 5.74) is 6.67. The van der Waals surface area contributed by atoms with Crippen molar-refractivity contribution in [3.05, 3.63) is 138 Å². The Morgan fingerprint density at radius 2 is 1.52 bits per heavy atom. The van der Waals surface area contributed by atoms with Crippen molar-refractivity contribution in [3.63, 3.8) is 0 Å². The Morgan fingerprint density at radius 1 is 0.840 bits per heavy atom. The first kappa shape index (κ1) is 34.8. The zero-order chi connectivity index (χ0) is 35.0. The Kier molecular flexibility index (Phi) is 11.2. The van der Waals surface area contributed by atoms with Gasteiger partial charge >= 0.3 is 5.97 Å². The first-order valence-electron chi connectivity index (χ1n) is 17.3. The summed E-state index contributed by atoms with van der Waals surface area (Å²) in [5, 5.41) is 3.13. The van der Waals surface area contributed by atoms with Crippen LogP contribution in [0.25, 0.3) is 22.4 Å². The van der Waals surface area contributed by atoms with E-state index in [-0.39, 0.29) is 42.2 Å². The minimum absolute atomic E-state index is 0.00941. The summed E-state index contributed by atoms with van der Waals surface area (Å²) in [6.07, 6.45) is -0.0134. The highest BCUT2D eigenvalue weighted by molar-refractivity contribution is 6.06. The maximum Gasteiger partial charge on any atom is 0.308 e. The summed E-state index contributed by atoms with van der Waals surface area (Å²) in [7, 11) is 0. The Bertz CT molecular complexity index is 1890. The molecule has 0 radical (unpaired) electrons. The molecule has 1 N–H and O–H groups in total. The van der Waals surface area contributed by atoms with Crippen LogP contribution in [-0.2, 0) is 25.5 Å². The van der Waals surface area contributed by atoms with E-state index in [2.05, 4.69) is 23.7 Å². The van der Waals surface area contributed by atoms with Crippen LogP contribution in [-0.4, -0.2) is 35.3 Å². The van der Waals surface area contributed by atoms with Gasteiger partial charge in [0.2, 0.25) is 0 Å². The van der Waals surface area contributed by atoms with Gasteiger partial charge in [-0.25, -0.2) is 4.39 Å². The van der Waals surface area contributed by atoms with Crippen molar-refractivity contribution in [2.24, 2.45) is 0 Å². The van der Waals surface area contributed by atoms with Gasteiger partial charge in [-0.1, -0.05) is 86.6 Å². The van der Waals surface area contributed by atoms with Crippen molar-refractivity contribution in [2.45, 2.75) is 71.0 Å². The van der Waals surface area contributed by atoms with Crippen molar-refractivity contribution in [1.29, 1.82) is 0 Å². The molecule has 0 aliphatic carbocycles. The van der Waals surface area contributed by atoms with Crippen molar-refractivity contribution in [2.75, 3.05) is 11.9 Å². The van der Waals surface area contributed by atoms with Gasteiger partial charge in [0.25, 0.3) is 5.91 Å². The second-order valence-electron chi connectivity index (χ2n) is 12.8. The first-order chi connectivity index (χ1) is 24.3. The molecule has 8 heteroatoms. The standard InChI is InChI=1S/C42H43FN2O5/c1-4-48-39(46)26-36-25-35(49-42(50-36)31-14-9-6-10-15-31)22-23-45-38(30-18-20-33(43)21-19-30)27-37(40(45)28(2)3)41(47)44-34-17-11-16-32(24-34)29-12-7-5-8-13-29/h5-21,24,27-28,35-36,42H,4,22-23,25-26H2,1-3H3,(H,44,47)/t35-,36-,42?/m1/s1. The molecular formula is C42H43FN2O5. The molecule has 50 heavy (non-hydrogen) atoms. The van der Waals surface area contributed by atoms with E-state index in [9.17, 15) is 14.0 Å². The normalized spacial score (nSPS) is 17.4. The van der Waals surface area contributed by atoms with Gasteiger partial charge in [-0.3, -0.25) is 9.59 Å². The predicted molar refractivity (Wildman–Crippen MR) is 193 cm³/mol. The smallest absolute Gasteiger partial charge is 0.308 e. The third-order valence-corrected chi connectivity index (χ3v) is 8.90. The number of aromatic nitrogens is 1. The fourth-order valence-corrected chi connectivity index (χ4v) is 6.62. The topological polar surface area (TPSA) is 78.8 Å². The molecule has 1 aliphatic heterocycles. The average Bonchev–Trinajstić information content (AvgIpc) is 3.52. The molecule has 5 aromatic rings. The summed E-state index contributed by atoms with van der Waals surface area (Å²) in [4.78, 5) is 26.5. The number of ether oxygens (including phenoxy) is 3. The summed E-state index contributed by atoms with van der Waals surface area (Å²) in [6, 6.07) is 35.8. The van der Waals surface area contributed by atoms with Gasteiger partial charge in [-0.05, 0) is 78.4 Å². The van der Waals surface area contributed by atoms with E-state index in [1.165, 1.54) is 12.1 Å². The first-order valence-corrected chi connectivity index (χ1v) is 17.3. The molecule has 7 nitrogen and oxygen atoms in total. The minimum Gasteiger partial charge on any atom is -0.466 e. The lowest BCUT2D eigenvalue weighted by Crippen LogP contribution is -2.36. The molecule has 0 bridgehead atoms. The SMILES string of the molecule is CCOC(=O)C[C@H]1C[C@@H](CCn2c(-c3ccc(F)cc3)cc(C(=O)Nc3cccc(-c4ccccc4)c3)c2C(C)C)OC(c2ccccc2)O1. The molecule has 1 unspecified atom stereocenters. The van der Waals surface area contributed by atoms with E-state index < -0.39 is 6.29 Å². The van der Waals surface area contributed by atoms with E-state index >= 15 is 0 Å². The number of rotatable bonds is 12. The number of anilines is 1. The number of esters is 1. The Hall–Kier alpha value is -5.05. The van der Waals surface area contributed by atoms with Crippen molar-refractivity contribution < 1.29 is 28.2 Å². The molecule has 1 saturated heterocycles. The molecule has 1 aliphatic rings. The van der Waals surface area contributed by atoms with Gasteiger partial charge in [0.1, 0.15) is 5.82 Å². The van der Waals surface area contributed by atoms with Crippen LogP contribution in [0.15, 0.2) is 115 Å².